The minimum atomic E-state index is -0.460. The Balaban J connectivity index is 2.31. The van der Waals surface area contributed by atoms with Gasteiger partial charge in [-0.1, -0.05) is 0 Å². The van der Waals surface area contributed by atoms with Crippen molar-refractivity contribution < 1.29 is 19.1 Å². The molecule has 26 heavy (non-hydrogen) atoms. The minimum Gasteiger partial charge on any atom is -0.496 e. The van der Waals surface area contributed by atoms with E-state index in [1.165, 1.54) is 7.11 Å². The number of rotatable bonds is 5. The van der Waals surface area contributed by atoms with Crippen molar-refractivity contribution in [2.45, 2.75) is 34.2 Å². The summed E-state index contributed by atoms with van der Waals surface area (Å²) in [4.78, 5) is 33.8. The first-order valence-corrected chi connectivity index (χ1v) is 8.24. The van der Waals surface area contributed by atoms with Crippen LogP contribution >= 0.6 is 0 Å². The molecule has 0 aromatic carbocycles. The van der Waals surface area contributed by atoms with Crippen molar-refractivity contribution in [3.05, 3.63) is 45.5 Å². The predicted molar refractivity (Wildman–Crippen MR) is 97.7 cm³/mol. The summed E-state index contributed by atoms with van der Waals surface area (Å²) in [6.07, 6.45) is 1.74. The Morgan fingerprint density at radius 1 is 1.15 bits per heavy atom. The number of aromatic amines is 1. The zero-order chi connectivity index (χ0) is 19.6. The van der Waals surface area contributed by atoms with Gasteiger partial charge in [0.25, 0.3) is 5.91 Å². The maximum Gasteiger partial charge on any atom is 0.339 e. The molecule has 1 amide bonds. The van der Waals surface area contributed by atoms with Gasteiger partial charge in [0.1, 0.15) is 11.4 Å². The summed E-state index contributed by atoms with van der Waals surface area (Å²) in [6.45, 7) is 7.65. The lowest BCUT2D eigenvalue weighted by Crippen LogP contribution is -2.28. The fraction of sp³-hybridized carbons (Fsp3) is 0.421. The predicted octanol–water partition coefficient (Wildman–Crippen LogP) is 2.71. The summed E-state index contributed by atoms with van der Waals surface area (Å²) in [5, 5.41) is 0. The van der Waals surface area contributed by atoms with Crippen molar-refractivity contribution in [3.63, 3.8) is 0 Å². The molecule has 0 aliphatic rings. The van der Waals surface area contributed by atoms with Crippen molar-refractivity contribution in [1.29, 1.82) is 0 Å². The van der Waals surface area contributed by atoms with Gasteiger partial charge >= 0.3 is 5.97 Å². The average molecular weight is 359 g/mol. The highest BCUT2D eigenvalue weighted by Crippen LogP contribution is 2.25. The molecule has 0 unspecified atom stereocenters. The van der Waals surface area contributed by atoms with Crippen LogP contribution in [0.2, 0.25) is 0 Å². The molecule has 2 aromatic rings. The highest BCUT2D eigenvalue weighted by Gasteiger charge is 2.25. The van der Waals surface area contributed by atoms with E-state index in [2.05, 4.69) is 9.97 Å². The number of ether oxygens (including phenoxy) is 2. The van der Waals surface area contributed by atoms with Crippen LogP contribution in [0.1, 0.15) is 48.9 Å². The zero-order valence-electron chi connectivity index (χ0n) is 16.3. The highest BCUT2D eigenvalue weighted by atomic mass is 16.5. The number of nitrogens with one attached hydrogen (secondary N) is 1. The number of pyridine rings is 1. The lowest BCUT2D eigenvalue weighted by Gasteiger charge is -2.19. The highest BCUT2D eigenvalue weighted by molar-refractivity contribution is 6.00. The molecule has 0 aliphatic heterocycles. The van der Waals surface area contributed by atoms with Crippen LogP contribution in [0, 0.1) is 27.7 Å². The van der Waals surface area contributed by atoms with Gasteiger partial charge in [0, 0.05) is 30.1 Å². The van der Waals surface area contributed by atoms with E-state index in [0.29, 0.717) is 29.1 Å². The second kappa shape index (κ2) is 7.59. The molecule has 0 spiro atoms. The van der Waals surface area contributed by atoms with Crippen LogP contribution in [0.15, 0.2) is 6.20 Å². The lowest BCUT2D eigenvalue weighted by atomic mass is 10.1. The van der Waals surface area contributed by atoms with Gasteiger partial charge in [0.05, 0.1) is 32.0 Å². The van der Waals surface area contributed by atoms with Crippen LogP contribution in [0.5, 0.6) is 5.75 Å². The third-order valence-electron chi connectivity index (χ3n) is 4.52. The van der Waals surface area contributed by atoms with Gasteiger partial charge in [-0.05, 0) is 33.3 Å². The van der Waals surface area contributed by atoms with E-state index in [0.717, 1.165) is 22.6 Å². The van der Waals surface area contributed by atoms with Crippen molar-refractivity contribution in [2.75, 3.05) is 21.3 Å². The molecule has 0 saturated heterocycles. The van der Waals surface area contributed by atoms with Gasteiger partial charge in [-0.15, -0.1) is 0 Å². The summed E-state index contributed by atoms with van der Waals surface area (Å²) < 4.78 is 10.2. The van der Waals surface area contributed by atoms with Crippen LogP contribution in [0.25, 0.3) is 0 Å². The molecule has 0 atom stereocenters. The Morgan fingerprint density at radius 3 is 2.38 bits per heavy atom. The second-order valence-electron chi connectivity index (χ2n) is 6.32. The first-order valence-electron chi connectivity index (χ1n) is 8.24. The van der Waals surface area contributed by atoms with Crippen molar-refractivity contribution >= 4 is 11.9 Å². The number of methoxy groups -OCH3 is 2. The van der Waals surface area contributed by atoms with E-state index in [4.69, 9.17) is 9.47 Å². The summed E-state index contributed by atoms with van der Waals surface area (Å²) >= 11 is 0. The van der Waals surface area contributed by atoms with Gasteiger partial charge < -0.3 is 19.4 Å². The SMILES string of the molecule is COC(=O)c1c(C)[nH]c(C(=O)N(C)Cc2ncc(C)c(OC)c2C)c1C. The van der Waals surface area contributed by atoms with Crippen molar-refractivity contribution in [3.8, 4) is 5.75 Å². The molecule has 0 aliphatic carbocycles. The standard InChI is InChI=1S/C19H25N3O4/c1-10-8-20-14(11(2)17(10)25-6)9-22(5)18(23)16-12(3)15(13(4)21-16)19(24)26-7/h8,21H,9H2,1-7H3. The molecule has 0 radical (unpaired) electrons. The number of aryl methyl sites for hydroxylation is 2. The maximum absolute atomic E-state index is 12.9. The molecular formula is C19H25N3O4. The number of hydrogen-bond donors (Lipinski definition) is 1. The Morgan fingerprint density at radius 2 is 1.81 bits per heavy atom. The molecule has 1 N–H and O–H groups in total. The van der Waals surface area contributed by atoms with Gasteiger partial charge in [-0.25, -0.2) is 4.79 Å². The largest absolute Gasteiger partial charge is 0.496 e. The first kappa shape index (κ1) is 19.5. The maximum atomic E-state index is 12.9. The number of carbonyl (C=O) groups is 2. The molecule has 140 valence electrons. The Hall–Kier alpha value is -2.83. The zero-order valence-corrected chi connectivity index (χ0v) is 16.3. The number of aromatic nitrogens is 2. The Labute approximate surface area is 153 Å². The van der Waals surface area contributed by atoms with E-state index >= 15 is 0 Å². The quantitative estimate of drug-likeness (QED) is 0.830. The summed E-state index contributed by atoms with van der Waals surface area (Å²) in [5.41, 5.74) is 4.58. The topological polar surface area (TPSA) is 84.5 Å². The summed E-state index contributed by atoms with van der Waals surface area (Å²) in [5.74, 6) is 0.0935. The molecule has 2 rings (SSSR count). The molecule has 0 saturated carbocycles. The third kappa shape index (κ3) is 3.42. The summed E-state index contributed by atoms with van der Waals surface area (Å²) in [7, 11) is 4.64. The van der Waals surface area contributed by atoms with Crippen LogP contribution in [-0.2, 0) is 11.3 Å². The Kier molecular flexibility index (Phi) is 5.69. The molecule has 0 fully saturated rings. The first-order chi connectivity index (χ1) is 12.2. The van der Waals surface area contributed by atoms with Crippen molar-refractivity contribution in [2.24, 2.45) is 0 Å². The number of nitrogens with zero attached hydrogens (tertiary/aromatic N) is 2. The monoisotopic (exact) mass is 359 g/mol. The molecule has 7 nitrogen and oxygen atoms in total. The van der Waals surface area contributed by atoms with Crippen LogP contribution < -0.4 is 4.74 Å². The molecule has 7 heteroatoms. The molecule has 2 heterocycles. The smallest absolute Gasteiger partial charge is 0.339 e. The second-order valence-corrected chi connectivity index (χ2v) is 6.32. The Bertz CT molecular complexity index is 855. The van der Waals surface area contributed by atoms with Crippen molar-refractivity contribution in [1.82, 2.24) is 14.9 Å². The molecular weight excluding hydrogens is 334 g/mol. The van der Waals surface area contributed by atoms with Crippen LogP contribution in [0.4, 0.5) is 0 Å². The van der Waals surface area contributed by atoms with E-state index in [1.54, 1.807) is 39.1 Å². The van der Waals surface area contributed by atoms with E-state index in [1.807, 2.05) is 13.8 Å². The van der Waals surface area contributed by atoms with Gasteiger partial charge in [-0.3, -0.25) is 9.78 Å². The van der Waals surface area contributed by atoms with E-state index in [-0.39, 0.29) is 5.91 Å². The molecule has 2 aromatic heterocycles. The number of H-pyrrole nitrogens is 1. The van der Waals surface area contributed by atoms with Gasteiger partial charge in [0.2, 0.25) is 0 Å². The number of carbonyl (C=O) groups excluding carboxylic acids is 2. The number of esters is 1. The lowest BCUT2D eigenvalue weighted by molar-refractivity contribution is 0.0599. The number of hydrogen-bond acceptors (Lipinski definition) is 5. The van der Waals surface area contributed by atoms with Gasteiger partial charge in [-0.2, -0.15) is 0 Å². The fourth-order valence-electron chi connectivity index (χ4n) is 3.09. The summed E-state index contributed by atoms with van der Waals surface area (Å²) in [6, 6.07) is 0. The van der Waals surface area contributed by atoms with Crippen LogP contribution in [0.3, 0.4) is 0 Å². The fourth-order valence-corrected chi connectivity index (χ4v) is 3.09. The van der Waals surface area contributed by atoms with Crippen LogP contribution in [-0.4, -0.2) is 48.0 Å². The average Bonchev–Trinajstić information content (AvgIpc) is 2.90. The number of amides is 1. The third-order valence-corrected chi connectivity index (χ3v) is 4.52. The van der Waals surface area contributed by atoms with Gasteiger partial charge in [0.15, 0.2) is 0 Å². The van der Waals surface area contributed by atoms with E-state index < -0.39 is 5.97 Å². The molecule has 0 bridgehead atoms. The minimum absolute atomic E-state index is 0.221. The normalized spacial score (nSPS) is 10.6. The van der Waals surface area contributed by atoms with E-state index in [9.17, 15) is 9.59 Å².